The van der Waals surface area contributed by atoms with Crippen molar-refractivity contribution < 1.29 is 14.7 Å². The smallest absolute Gasteiger partial charge is 0.324 e. The third-order valence-corrected chi connectivity index (χ3v) is 2.38. The van der Waals surface area contributed by atoms with Crippen molar-refractivity contribution in [1.82, 2.24) is 20.1 Å². The molecule has 8 heteroatoms. The third-order valence-electron chi connectivity index (χ3n) is 2.38. The van der Waals surface area contributed by atoms with Crippen LogP contribution in [0.5, 0.6) is 0 Å². The summed E-state index contributed by atoms with van der Waals surface area (Å²) in [5, 5.41) is 18.4. The van der Waals surface area contributed by atoms with Gasteiger partial charge in [0, 0.05) is 19.0 Å². The Bertz CT molecular complexity index is 424. The number of carbonyl (C=O) groups excluding carboxylic acids is 1. The van der Waals surface area contributed by atoms with E-state index in [-0.39, 0.29) is 24.4 Å². The van der Waals surface area contributed by atoms with Crippen LogP contribution in [0.1, 0.15) is 26.7 Å². The predicted molar refractivity (Wildman–Crippen MR) is 67.6 cm³/mol. The van der Waals surface area contributed by atoms with Gasteiger partial charge >= 0.3 is 12.0 Å². The number of rotatable bonds is 6. The minimum absolute atomic E-state index is 0.0277. The molecule has 0 unspecified atom stereocenters. The predicted octanol–water partition coefficient (Wildman–Crippen LogP) is 0.979. The molecule has 0 spiro atoms. The maximum Gasteiger partial charge on any atom is 0.324 e. The number of amides is 2. The van der Waals surface area contributed by atoms with Crippen LogP contribution in [-0.2, 0) is 4.79 Å². The number of urea groups is 1. The number of carbonyl (C=O) groups is 2. The molecule has 0 radical (unpaired) electrons. The van der Waals surface area contributed by atoms with Crippen molar-refractivity contribution in [2.75, 3.05) is 11.9 Å². The van der Waals surface area contributed by atoms with E-state index >= 15 is 0 Å². The second kappa shape index (κ2) is 7.24. The fourth-order valence-corrected chi connectivity index (χ4v) is 1.47. The lowest BCUT2D eigenvalue weighted by atomic mass is 10.2. The van der Waals surface area contributed by atoms with Gasteiger partial charge in [-0.3, -0.25) is 10.1 Å². The van der Waals surface area contributed by atoms with E-state index < -0.39 is 5.97 Å². The van der Waals surface area contributed by atoms with Gasteiger partial charge in [0.1, 0.15) is 0 Å². The summed E-state index contributed by atoms with van der Waals surface area (Å²) in [5.41, 5.74) is 0. The molecule has 1 aromatic rings. The molecule has 1 heterocycles. The second-order valence-electron chi connectivity index (χ2n) is 4.18. The van der Waals surface area contributed by atoms with Crippen LogP contribution in [0.15, 0.2) is 12.4 Å². The topological polar surface area (TPSA) is 108 Å². The summed E-state index contributed by atoms with van der Waals surface area (Å²) in [7, 11) is 0. The van der Waals surface area contributed by atoms with Gasteiger partial charge in [-0.05, 0) is 20.3 Å². The van der Waals surface area contributed by atoms with Gasteiger partial charge in [0.25, 0.3) is 5.95 Å². The van der Waals surface area contributed by atoms with Gasteiger partial charge in [0.15, 0.2) is 0 Å². The van der Waals surface area contributed by atoms with E-state index in [2.05, 4.69) is 20.5 Å². The Morgan fingerprint density at radius 1 is 1.42 bits per heavy atom. The average Bonchev–Trinajstić information content (AvgIpc) is 2.35. The number of carboxylic acid groups (broad SMARTS) is 1. The molecule has 2 N–H and O–H groups in total. The molecule has 0 atom stereocenters. The standard InChI is InChI=1S/C11H17N5O3/c1-8(2)16(7-3-4-9(17)18)11(19)14-10-12-5-6-13-15-10/h5-6,8H,3-4,7H2,1-2H3,(H,17,18)(H,12,14,15,19). The molecular weight excluding hydrogens is 250 g/mol. The lowest BCUT2D eigenvalue weighted by Gasteiger charge is -2.26. The monoisotopic (exact) mass is 267 g/mol. The Balaban J connectivity index is 2.55. The van der Waals surface area contributed by atoms with Crippen molar-refractivity contribution in [2.24, 2.45) is 0 Å². The van der Waals surface area contributed by atoms with Crippen LogP contribution >= 0.6 is 0 Å². The van der Waals surface area contributed by atoms with E-state index in [1.807, 2.05) is 13.8 Å². The van der Waals surface area contributed by atoms with E-state index in [1.165, 1.54) is 17.3 Å². The number of hydrogen-bond donors (Lipinski definition) is 2. The third kappa shape index (κ3) is 5.28. The number of anilines is 1. The summed E-state index contributed by atoms with van der Waals surface area (Å²) >= 11 is 0. The molecule has 0 aliphatic carbocycles. The Kier molecular flexibility index (Phi) is 5.65. The SMILES string of the molecule is CC(C)N(CCCC(=O)O)C(=O)Nc1nccnn1. The van der Waals surface area contributed by atoms with Crippen molar-refractivity contribution >= 4 is 17.9 Å². The van der Waals surface area contributed by atoms with Crippen LogP contribution < -0.4 is 5.32 Å². The van der Waals surface area contributed by atoms with E-state index in [9.17, 15) is 9.59 Å². The first kappa shape index (κ1) is 14.8. The molecular formula is C11H17N5O3. The van der Waals surface area contributed by atoms with Crippen molar-refractivity contribution in [3.63, 3.8) is 0 Å². The highest BCUT2D eigenvalue weighted by Gasteiger charge is 2.17. The first-order valence-electron chi connectivity index (χ1n) is 5.94. The van der Waals surface area contributed by atoms with Crippen LogP contribution in [-0.4, -0.2) is 49.8 Å². The zero-order valence-electron chi connectivity index (χ0n) is 10.9. The maximum atomic E-state index is 12.0. The molecule has 2 amide bonds. The highest BCUT2D eigenvalue weighted by atomic mass is 16.4. The maximum absolute atomic E-state index is 12.0. The summed E-state index contributed by atoms with van der Waals surface area (Å²) in [4.78, 5) is 27.8. The molecule has 1 aromatic heterocycles. The van der Waals surface area contributed by atoms with E-state index in [0.717, 1.165) is 0 Å². The van der Waals surface area contributed by atoms with Gasteiger partial charge < -0.3 is 10.0 Å². The van der Waals surface area contributed by atoms with Crippen LogP contribution in [0.2, 0.25) is 0 Å². The number of carboxylic acids is 1. The van der Waals surface area contributed by atoms with E-state index in [4.69, 9.17) is 5.11 Å². The van der Waals surface area contributed by atoms with Gasteiger partial charge in [-0.2, -0.15) is 5.10 Å². The number of aromatic nitrogens is 3. The van der Waals surface area contributed by atoms with Crippen LogP contribution in [0.4, 0.5) is 10.7 Å². The van der Waals surface area contributed by atoms with Crippen LogP contribution in [0.25, 0.3) is 0 Å². The minimum atomic E-state index is -0.875. The number of hydrogen-bond acceptors (Lipinski definition) is 5. The number of nitrogens with one attached hydrogen (secondary N) is 1. The Labute approximate surface area is 110 Å². The lowest BCUT2D eigenvalue weighted by Crippen LogP contribution is -2.41. The zero-order valence-corrected chi connectivity index (χ0v) is 10.9. The van der Waals surface area contributed by atoms with Gasteiger partial charge in [0.2, 0.25) is 0 Å². The van der Waals surface area contributed by atoms with Gasteiger partial charge in [0.05, 0.1) is 12.4 Å². The zero-order chi connectivity index (χ0) is 14.3. The molecule has 0 fully saturated rings. The Hall–Kier alpha value is -2.25. The lowest BCUT2D eigenvalue weighted by molar-refractivity contribution is -0.137. The number of nitrogens with zero attached hydrogens (tertiary/aromatic N) is 4. The van der Waals surface area contributed by atoms with Crippen LogP contribution in [0.3, 0.4) is 0 Å². The normalized spacial score (nSPS) is 10.3. The quantitative estimate of drug-likeness (QED) is 0.795. The molecule has 1 rings (SSSR count). The highest BCUT2D eigenvalue weighted by molar-refractivity contribution is 5.87. The van der Waals surface area contributed by atoms with Crippen molar-refractivity contribution in [3.8, 4) is 0 Å². The summed E-state index contributed by atoms with van der Waals surface area (Å²) < 4.78 is 0. The van der Waals surface area contributed by atoms with E-state index in [0.29, 0.717) is 13.0 Å². The van der Waals surface area contributed by atoms with Gasteiger partial charge in [-0.25, -0.2) is 9.78 Å². The average molecular weight is 267 g/mol. The van der Waals surface area contributed by atoms with Crippen LogP contribution in [0, 0.1) is 0 Å². The molecule has 0 saturated carbocycles. The van der Waals surface area contributed by atoms with Gasteiger partial charge in [-0.1, -0.05) is 0 Å². The minimum Gasteiger partial charge on any atom is -0.481 e. The molecule has 8 nitrogen and oxygen atoms in total. The van der Waals surface area contributed by atoms with E-state index in [1.54, 1.807) is 0 Å². The summed E-state index contributed by atoms with van der Waals surface area (Å²) in [6, 6.07) is -0.418. The molecule has 104 valence electrons. The summed E-state index contributed by atoms with van der Waals surface area (Å²) in [6.45, 7) is 4.06. The highest BCUT2D eigenvalue weighted by Crippen LogP contribution is 2.05. The first-order valence-corrected chi connectivity index (χ1v) is 5.94. The summed E-state index contributed by atoms with van der Waals surface area (Å²) in [6.07, 6.45) is 3.25. The number of aliphatic carboxylic acids is 1. The molecule has 0 saturated heterocycles. The second-order valence-corrected chi connectivity index (χ2v) is 4.18. The molecule has 0 bridgehead atoms. The van der Waals surface area contributed by atoms with Crippen molar-refractivity contribution in [3.05, 3.63) is 12.4 Å². The van der Waals surface area contributed by atoms with Crippen molar-refractivity contribution in [2.45, 2.75) is 32.7 Å². The first-order chi connectivity index (χ1) is 9.00. The fourth-order valence-electron chi connectivity index (χ4n) is 1.47. The van der Waals surface area contributed by atoms with Crippen molar-refractivity contribution in [1.29, 1.82) is 0 Å². The molecule has 0 aromatic carbocycles. The largest absolute Gasteiger partial charge is 0.481 e. The Morgan fingerprint density at radius 2 is 2.16 bits per heavy atom. The van der Waals surface area contributed by atoms with Gasteiger partial charge in [-0.15, -0.1) is 5.10 Å². The Morgan fingerprint density at radius 3 is 2.68 bits per heavy atom. The molecule has 0 aliphatic heterocycles. The summed E-state index contributed by atoms with van der Waals surface area (Å²) in [5.74, 6) is -0.754. The fraction of sp³-hybridized carbons (Fsp3) is 0.545. The molecule has 0 aliphatic rings. The molecule has 19 heavy (non-hydrogen) atoms.